The molecular formula is C19H26N4O. The first-order valence-corrected chi connectivity index (χ1v) is 9.18. The number of aromatic nitrogens is 3. The highest BCUT2D eigenvalue weighted by Gasteiger charge is 2.37. The van der Waals surface area contributed by atoms with E-state index in [0.717, 1.165) is 47.4 Å². The molecule has 2 aromatic heterocycles. The summed E-state index contributed by atoms with van der Waals surface area (Å²) in [7, 11) is 1.90. The Morgan fingerprint density at radius 3 is 2.67 bits per heavy atom. The Balaban J connectivity index is 1.75. The topological polar surface area (TPSA) is 51.0 Å². The van der Waals surface area contributed by atoms with Gasteiger partial charge in [0.2, 0.25) is 0 Å². The SMILES string of the molecule is Cc1cc(C(=O)N2CCCC2C2CCCC2)c2c(C)nn(C)c2n1. The molecule has 1 unspecified atom stereocenters. The number of fused-ring (bicyclic) bond motifs is 1. The lowest BCUT2D eigenvalue weighted by molar-refractivity contribution is 0.0691. The van der Waals surface area contributed by atoms with Crippen molar-refractivity contribution in [2.75, 3.05) is 6.54 Å². The number of pyridine rings is 1. The summed E-state index contributed by atoms with van der Waals surface area (Å²) in [5.41, 5.74) is 3.37. The average molecular weight is 326 g/mol. The van der Waals surface area contributed by atoms with E-state index >= 15 is 0 Å². The van der Waals surface area contributed by atoms with Crippen molar-refractivity contribution in [3.05, 3.63) is 23.0 Å². The maximum atomic E-state index is 13.4. The van der Waals surface area contributed by atoms with Crippen LogP contribution in [0.15, 0.2) is 6.07 Å². The number of nitrogens with zero attached hydrogens (tertiary/aromatic N) is 4. The second-order valence-corrected chi connectivity index (χ2v) is 7.47. The van der Waals surface area contributed by atoms with E-state index in [1.807, 2.05) is 27.0 Å². The Morgan fingerprint density at radius 1 is 1.17 bits per heavy atom. The number of aryl methyl sites for hydroxylation is 3. The number of amides is 1. The molecule has 1 aliphatic carbocycles. The molecule has 0 radical (unpaired) electrons. The van der Waals surface area contributed by atoms with Crippen molar-refractivity contribution >= 4 is 16.9 Å². The molecule has 1 aliphatic heterocycles. The van der Waals surface area contributed by atoms with E-state index in [-0.39, 0.29) is 5.91 Å². The zero-order valence-corrected chi connectivity index (χ0v) is 14.9. The normalized spacial score (nSPS) is 22.0. The molecule has 0 aromatic carbocycles. The first kappa shape index (κ1) is 15.6. The molecular weight excluding hydrogens is 300 g/mol. The van der Waals surface area contributed by atoms with E-state index in [2.05, 4.69) is 15.0 Å². The number of hydrogen-bond donors (Lipinski definition) is 0. The van der Waals surface area contributed by atoms with E-state index in [9.17, 15) is 4.79 Å². The maximum Gasteiger partial charge on any atom is 0.254 e. The Morgan fingerprint density at radius 2 is 1.92 bits per heavy atom. The van der Waals surface area contributed by atoms with E-state index in [0.29, 0.717) is 12.0 Å². The molecule has 24 heavy (non-hydrogen) atoms. The highest BCUT2D eigenvalue weighted by molar-refractivity contribution is 6.06. The fraction of sp³-hybridized carbons (Fsp3) is 0.632. The van der Waals surface area contributed by atoms with Gasteiger partial charge in [-0.05, 0) is 51.5 Å². The van der Waals surface area contributed by atoms with Crippen LogP contribution in [0.25, 0.3) is 11.0 Å². The zero-order chi connectivity index (χ0) is 16.8. The van der Waals surface area contributed by atoms with Crippen molar-refractivity contribution < 1.29 is 4.79 Å². The first-order valence-electron chi connectivity index (χ1n) is 9.18. The van der Waals surface area contributed by atoms with Crippen molar-refractivity contribution in [3.63, 3.8) is 0 Å². The molecule has 5 nitrogen and oxygen atoms in total. The summed E-state index contributed by atoms with van der Waals surface area (Å²) in [5, 5.41) is 5.40. The number of carbonyl (C=O) groups is 1. The van der Waals surface area contributed by atoms with Crippen LogP contribution in [0.1, 0.15) is 60.3 Å². The van der Waals surface area contributed by atoms with Gasteiger partial charge in [-0.1, -0.05) is 12.8 Å². The van der Waals surface area contributed by atoms with E-state index < -0.39 is 0 Å². The van der Waals surface area contributed by atoms with Gasteiger partial charge in [-0.2, -0.15) is 5.10 Å². The predicted molar refractivity (Wildman–Crippen MR) is 94.0 cm³/mol. The minimum absolute atomic E-state index is 0.177. The molecule has 2 aliphatic rings. The quantitative estimate of drug-likeness (QED) is 0.850. The molecule has 2 fully saturated rings. The van der Waals surface area contributed by atoms with Gasteiger partial charge in [-0.15, -0.1) is 0 Å². The molecule has 0 bridgehead atoms. The fourth-order valence-electron chi connectivity index (χ4n) is 4.77. The van der Waals surface area contributed by atoms with Crippen molar-refractivity contribution in [2.45, 2.75) is 58.4 Å². The summed E-state index contributed by atoms with van der Waals surface area (Å²) >= 11 is 0. The molecule has 1 amide bonds. The van der Waals surface area contributed by atoms with Gasteiger partial charge in [-0.25, -0.2) is 4.98 Å². The molecule has 5 heteroatoms. The Labute approximate surface area is 143 Å². The third-order valence-corrected chi connectivity index (χ3v) is 5.83. The monoisotopic (exact) mass is 326 g/mol. The van der Waals surface area contributed by atoms with Gasteiger partial charge in [-0.3, -0.25) is 9.48 Å². The van der Waals surface area contributed by atoms with Crippen LogP contribution in [0.4, 0.5) is 0 Å². The van der Waals surface area contributed by atoms with E-state index in [1.54, 1.807) is 4.68 Å². The summed E-state index contributed by atoms with van der Waals surface area (Å²) in [6.07, 6.45) is 7.51. The smallest absolute Gasteiger partial charge is 0.254 e. The lowest BCUT2D eigenvalue weighted by atomic mass is 9.95. The lowest BCUT2D eigenvalue weighted by Crippen LogP contribution is -2.39. The van der Waals surface area contributed by atoms with E-state index in [4.69, 9.17) is 0 Å². The third-order valence-electron chi connectivity index (χ3n) is 5.83. The van der Waals surface area contributed by atoms with Gasteiger partial charge in [0, 0.05) is 25.3 Å². The van der Waals surface area contributed by atoms with Crippen LogP contribution in [-0.4, -0.2) is 38.2 Å². The average Bonchev–Trinajstić information content (AvgIpc) is 3.27. The Bertz CT molecular complexity index is 788. The van der Waals surface area contributed by atoms with Gasteiger partial charge in [0.1, 0.15) is 0 Å². The van der Waals surface area contributed by atoms with Crippen LogP contribution in [0.5, 0.6) is 0 Å². The number of hydrogen-bond acceptors (Lipinski definition) is 3. The summed E-state index contributed by atoms with van der Waals surface area (Å²) in [4.78, 5) is 20.1. The van der Waals surface area contributed by atoms with Gasteiger partial charge in [0.25, 0.3) is 5.91 Å². The number of likely N-dealkylation sites (tertiary alicyclic amines) is 1. The first-order chi connectivity index (χ1) is 11.6. The number of rotatable bonds is 2. The van der Waals surface area contributed by atoms with Crippen LogP contribution in [-0.2, 0) is 7.05 Å². The largest absolute Gasteiger partial charge is 0.335 e. The highest BCUT2D eigenvalue weighted by Crippen LogP contribution is 2.36. The molecule has 0 spiro atoms. The molecule has 2 aromatic rings. The summed E-state index contributed by atoms with van der Waals surface area (Å²) in [5.74, 6) is 0.876. The molecule has 4 rings (SSSR count). The Kier molecular flexibility index (Phi) is 3.82. The maximum absolute atomic E-state index is 13.4. The van der Waals surface area contributed by atoms with Crippen LogP contribution >= 0.6 is 0 Å². The van der Waals surface area contributed by atoms with Crippen LogP contribution < -0.4 is 0 Å². The van der Waals surface area contributed by atoms with Gasteiger partial charge in [0.15, 0.2) is 5.65 Å². The van der Waals surface area contributed by atoms with Crippen molar-refractivity contribution in [2.24, 2.45) is 13.0 Å². The summed E-state index contributed by atoms with van der Waals surface area (Å²) < 4.78 is 1.78. The highest BCUT2D eigenvalue weighted by atomic mass is 16.2. The summed E-state index contributed by atoms with van der Waals surface area (Å²) in [6, 6.07) is 2.38. The molecule has 1 saturated carbocycles. The third kappa shape index (κ3) is 2.41. The predicted octanol–water partition coefficient (Wildman–Crippen LogP) is 3.38. The second kappa shape index (κ2) is 5.87. The van der Waals surface area contributed by atoms with Crippen molar-refractivity contribution in [3.8, 4) is 0 Å². The Hall–Kier alpha value is -1.91. The van der Waals surface area contributed by atoms with Crippen molar-refractivity contribution in [1.29, 1.82) is 0 Å². The fourth-order valence-corrected chi connectivity index (χ4v) is 4.77. The lowest BCUT2D eigenvalue weighted by Gasteiger charge is -2.29. The second-order valence-electron chi connectivity index (χ2n) is 7.47. The zero-order valence-electron chi connectivity index (χ0n) is 14.9. The van der Waals surface area contributed by atoms with Gasteiger partial charge < -0.3 is 4.90 Å². The minimum atomic E-state index is 0.177. The van der Waals surface area contributed by atoms with Crippen LogP contribution in [0.3, 0.4) is 0 Å². The van der Waals surface area contributed by atoms with Crippen LogP contribution in [0, 0.1) is 19.8 Å². The molecule has 1 saturated heterocycles. The van der Waals surface area contributed by atoms with E-state index in [1.165, 1.54) is 25.7 Å². The number of carbonyl (C=O) groups excluding carboxylic acids is 1. The van der Waals surface area contributed by atoms with Crippen LogP contribution in [0.2, 0.25) is 0 Å². The summed E-state index contributed by atoms with van der Waals surface area (Å²) in [6.45, 7) is 4.81. The van der Waals surface area contributed by atoms with Gasteiger partial charge in [0.05, 0.1) is 16.6 Å². The molecule has 1 atom stereocenters. The van der Waals surface area contributed by atoms with Gasteiger partial charge >= 0.3 is 0 Å². The molecule has 3 heterocycles. The van der Waals surface area contributed by atoms with Crippen molar-refractivity contribution in [1.82, 2.24) is 19.7 Å². The molecule has 0 N–H and O–H groups in total. The standard InChI is InChI=1S/C19H26N4O/c1-12-11-15(17-13(2)21-22(3)18(17)20-12)19(24)23-10-6-9-16(23)14-7-4-5-8-14/h11,14,16H,4-10H2,1-3H3. The molecule has 128 valence electrons. The minimum Gasteiger partial charge on any atom is -0.335 e.